The Hall–Kier alpha value is -0.640. The summed E-state index contributed by atoms with van der Waals surface area (Å²) in [5.74, 6) is 0.774. The first-order valence-electron chi connectivity index (χ1n) is 4.24. The first kappa shape index (κ1) is 10.4. The fourth-order valence-corrected chi connectivity index (χ4v) is 1.03. The van der Waals surface area contributed by atoms with E-state index in [-0.39, 0.29) is 0 Å². The van der Waals surface area contributed by atoms with Gasteiger partial charge in [-0.3, -0.25) is 0 Å². The van der Waals surface area contributed by atoms with Crippen molar-refractivity contribution in [2.45, 2.75) is 26.8 Å². The summed E-state index contributed by atoms with van der Waals surface area (Å²) >= 11 is 3.37. The summed E-state index contributed by atoms with van der Waals surface area (Å²) in [7, 11) is 1.99. The average molecular weight is 244 g/mol. The molecular formula is C9H14BrN3. The second-order valence-electron chi connectivity index (χ2n) is 3.31. The van der Waals surface area contributed by atoms with E-state index in [1.807, 2.05) is 18.9 Å². The molecule has 13 heavy (non-hydrogen) atoms. The number of hydrogen-bond acceptors (Lipinski definition) is 3. The van der Waals surface area contributed by atoms with Crippen LogP contribution in [0.2, 0.25) is 0 Å². The SMILES string of the molecule is Cc1nc(N(C)C(C)C)ncc1Br. The van der Waals surface area contributed by atoms with Gasteiger partial charge in [0.1, 0.15) is 0 Å². The average Bonchev–Trinajstić information content (AvgIpc) is 2.08. The van der Waals surface area contributed by atoms with Gasteiger partial charge < -0.3 is 4.90 Å². The van der Waals surface area contributed by atoms with Crippen LogP contribution in [-0.4, -0.2) is 23.1 Å². The minimum atomic E-state index is 0.417. The molecule has 1 aromatic rings. The van der Waals surface area contributed by atoms with Gasteiger partial charge in [-0.25, -0.2) is 9.97 Å². The fraction of sp³-hybridized carbons (Fsp3) is 0.556. The van der Waals surface area contributed by atoms with E-state index in [1.165, 1.54) is 0 Å². The molecule has 0 spiro atoms. The lowest BCUT2D eigenvalue weighted by atomic mass is 10.3. The lowest BCUT2D eigenvalue weighted by molar-refractivity contribution is 0.726. The molecule has 1 heterocycles. The molecule has 0 saturated carbocycles. The molecule has 0 unspecified atom stereocenters. The zero-order valence-electron chi connectivity index (χ0n) is 8.37. The number of rotatable bonds is 2. The predicted octanol–water partition coefficient (Wildman–Crippen LogP) is 2.39. The maximum Gasteiger partial charge on any atom is 0.225 e. The molecular weight excluding hydrogens is 230 g/mol. The van der Waals surface area contributed by atoms with Crippen molar-refractivity contribution < 1.29 is 0 Å². The number of aryl methyl sites for hydroxylation is 1. The molecule has 4 heteroatoms. The van der Waals surface area contributed by atoms with Gasteiger partial charge in [-0.15, -0.1) is 0 Å². The highest BCUT2D eigenvalue weighted by Crippen LogP contribution is 2.16. The van der Waals surface area contributed by atoms with Crippen LogP contribution in [0.4, 0.5) is 5.95 Å². The molecule has 0 aromatic carbocycles. The van der Waals surface area contributed by atoms with Gasteiger partial charge in [0, 0.05) is 19.3 Å². The minimum Gasteiger partial charge on any atom is -0.341 e. The molecule has 0 bridgehead atoms. The normalized spacial score (nSPS) is 10.6. The maximum atomic E-state index is 4.36. The first-order chi connectivity index (χ1) is 6.02. The molecule has 0 aliphatic heterocycles. The van der Waals surface area contributed by atoms with Crippen molar-refractivity contribution in [2.75, 3.05) is 11.9 Å². The number of halogens is 1. The van der Waals surface area contributed by atoms with E-state index in [2.05, 4.69) is 39.7 Å². The van der Waals surface area contributed by atoms with Crippen LogP contribution in [0, 0.1) is 6.92 Å². The van der Waals surface area contributed by atoms with Gasteiger partial charge >= 0.3 is 0 Å². The third kappa shape index (κ3) is 2.40. The van der Waals surface area contributed by atoms with E-state index in [1.54, 1.807) is 6.20 Å². The van der Waals surface area contributed by atoms with Crippen LogP contribution in [-0.2, 0) is 0 Å². The summed E-state index contributed by atoms with van der Waals surface area (Å²) in [5, 5.41) is 0. The van der Waals surface area contributed by atoms with Crippen LogP contribution in [0.5, 0.6) is 0 Å². The molecule has 0 N–H and O–H groups in total. The van der Waals surface area contributed by atoms with Gasteiger partial charge in [0.2, 0.25) is 5.95 Å². The zero-order chi connectivity index (χ0) is 10.0. The second kappa shape index (κ2) is 4.05. The third-order valence-electron chi connectivity index (χ3n) is 2.00. The lowest BCUT2D eigenvalue weighted by Gasteiger charge is -2.21. The minimum absolute atomic E-state index is 0.417. The number of anilines is 1. The van der Waals surface area contributed by atoms with Crippen LogP contribution >= 0.6 is 15.9 Å². The Labute approximate surface area is 87.3 Å². The Bertz CT molecular complexity index is 299. The Morgan fingerprint density at radius 1 is 1.46 bits per heavy atom. The number of hydrogen-bond donors (Lipinski definition) is 0. The summed E-state index contributed by atoms with van der Waals surface area (Å²) < 4.78 is 0.952. The van der Waals surface area contributed by atoms with Crippen molar-refractivity contribution in [3.63, 3.8) is 0 Å². The summed E-state index contributed by atoms with van der Waals surface area (Å²) in [4.78, 5) is 10.6. The molecule has 0 atom stereocenters. The van der Waals surface area contributed by atoms with E-state index in [0.29, 0.717) is 6.04 Å². The van der Waals surface area contributed by atoms with Gasteiger partial charge in [-0.05, 0) is 36.7 Å². The standard InChI is InChI=1S/C9H14BrN3/c1-6(2)13(4)9-11-5-8(10)7(3)12-9/h5-6H,1-4H3. The summed E-state index contributed by atoms with van der Waals surface area (Å²) in [6.45, 7) is 6.19. The van der Waals surface area contributed by atoms with Crippen LogP contribution < -0.4 is 4.90 Å². The van der Waals surface area contributed by atoms with E-state index in [9.17, 15) is 0 Å². The van der Waals surface area contributed by atoms with Gasteiger partial charge in [-0.1, -0.05) is 0 Å². The topological polar surface area (TPSA) is 29.0 Å². The Balaban J connectivity index is 2.97. The summed E-state index contributed by atoms with van der Waals surface area (Å²) in [6, 6.07) is 0.417. The van der Waals surface area contributed by atoms with Gasteiger partial charge in [0.25, 0.3) is 0 Å². The summed E-state index contributed by atoms with van der Waals surface area (Å²) in [5.41, 5.74) is 0.970. The Kier molecular flexibility index (Phi) is 3.25. The fourth-order valence-electron chi connectivity index (χ4n) is 0.841. The lowest BCUT2D eigenvalue weighted by Crippen LogP contribution is -2.27. The van der Waals surface area contributed by atoms with Crippen LogP contribution in [0.15, 0.2) is 10.7 Å². The van der Waals surface area contributed by atoms with Crippen molar-refractivity contribution in [1.82, 2.24) is 9.97 Å². The van der Waals surface area contributed by atoms with Crippen LogP contribution in [0.1, 0.15) is 19.5 Å². The van der Waals surface area contributed by atoms with Gasteiger partial charge in [-0.2, -0.15) is 0 Å². The van der Waals surface area contributed by atoms with Crippen molar-refractivity contribution in [1.29, 1.82) is 0 Å². The smallest absolute Gasteiger partial charge is 0.225 e. The number of aromatic nitrogens is 2. The predicted molar refractivity (Wildman–Crippen MR) is 58.0 cm³/mol. The molecule has 1 aromatic heterocycles. The monoisotopic (exact) mass is 243 g/mol. The van der Waals surface area contributed by atoms with E-state index >= 15 is 0 Å². The quantitative estimate of drug-likeness (QED) is 0.799. The molecule has 0 aliphatic carbocycles. The molecule has 1 rings (SSSR count). The van der Waals surface area contributed by atoms with Crippen molar-refractivity contribution in [2.24, 2.45) is 0 Å². The second-order valence-corrected chi connectivity index (χ2v) is 4.16. The zero-order valence-corrected chi connectivity index (χ0v) is 9.96. The van der Waals surface area contributed by atoms with E-state index < -0.39 is 0 Å². The van der Waals surface area contributed by atoms with Crippen molar-refractivity contribution in [3.05, 3.63) is 16.4 Å². The van der Waals surface area contributed by atoms with E-state index in [4.69, 9.17) is 0 Å². The largest absolute Gasteiger partial charge is 0.341 e. The highest BCUT2D eigenvalue weighted by Gasteiger charge is 2.08. The van der Waals surface area contributed by atoms with Crippen molar-refractivity contribution >= 4 is 21.9 Å². The van der Waals surface area contributed by atoms with E-state index in [0.717, 1.165) is 16.1 Å². The highest BCUT2D eigenvalue weighted by atomic mass is 79.9. The van der Waals surface area contributed by atoms with Gasteiger partial charge in [0.05, 0.1) is 10.2 Å². The molecule has 0 aliphatic rings. The number of nitrogens with zero attached hydrogens (tertiary/aromatic N) is 3. The third-order valence-corrected chi connectivity index (χ3v) is 2.78. The van der Waals surface area contributed by atoms with Gasteiger partial charge in [0.15, 0.2) is 0 Å². The first-order valence-corrected chi connectivity index (χ1v) is 5.03. The van der Waals surface area contributed by atoms with Crippen molar-refractivity contribution in [3.8, 4) is 0 Å². The maximum absolute atomic E-state index is 4.36. The molecule has 3 nitrogen and oxygen atoms in total. The Morgan fingerprint density at radius 3 is 2.54 bits per heavy atom. The molecule has 0 radical (unpaired) electrons. The summed E-state index contributed by atoms with van der Waals surface area (Å²) in [6.07, 6.45) is 1.79. The van der Waals surface area contributed by atoms with Crippen LogP contribution in [0.25, 0.3) is 0 Å². The molecule has 72 valence electrons. The molecule has 0 saturated heterocycles. The van der Waals surface area contributed by atoms with Crippen LogP contribution in [0.3, 0.4) is 0 Å². The Morgan fingerprint density at radius 2 is 2.08 bits per heavy atom. The highest BCUT2D eigenvalue weighted by molar-refractivity contribution is 9.10. The molecule has 0 fully saturated rings. The molecule has 0 amide bonds.